The van der Waals surface area contributed by atoms with Gasteiger partial charge in [-0.2, -0.15) is 0 Å². The number of rotatable bonds is 25. The average Bonchev–Trinajstić information content (AvgIpc) is 2.75. The second-order valence-electron chi connectivity index (χ2n) is 21.0. The summed E-state index contributed by atoms with van der Waals surface area (Å²) >= 11 is 0. The third-order valence-electron chi connectivity index (χ3n) is 15.2. The topological polar surface area (TPSA) is 282 Å². The molecular weight excluding hydrogens is 1050 g/mol. The largest absolute Gasteiger partial charge is 0.441 e. The van der Waals surface area contributed by atoms with Crippen LogP contribution in [0.15, 0.2) is 102 Å². The Labute approximate surface area is 473 Å². The minimum atomic E-state index is -1.34. The van der Waals surface area contributed by atoms with Crippen LogP contribution in [0.3, 0.4) is 0 Å². The van der Waals surface area contributed by atoms with Gasteiger partial charge in [0.15, 0.2) is 12.2 Å². The first-order valence-electron chi connectivity index (χ1n) is 27.4. The number of terminal acetylenes is 1. The van der Waals surface area contributed by atoms with E-state index in [1.807, 2.05) is 60.8 Å². The second kappa shape index (κ2) is 26.7. The summed E-state index contributed by atoms with van der Waals surface area (Å²) in [5.74, 6) is 0.425. The Bertz CT molecular complexity index is 3350. The van der Waals surface area contributed by atoms with Gasteiger partial charge in [-0.1, -0.05) is 72.7 Å². The van der Waals surface area contributed by atoms with E-state index in [0.717, 1.165) is 86.8 Å². The number of hydrogen-bond acceptors (Lipinski definition) is 16. The zero-order valence-corrected chi connectivity index (χ0v) is 45.9. The van der Waals surface area contributed by atoms with Crippen molar-refractivity contribution in [3.63, 3.8) is 0 Å². The second-order valence-corrected chi connectivity index (χ2v) is 21.0. The summed E-state index contributed by atoms with van der Waals surface area (Å²) in [7, 11) is 1.73. The number of amides is 5. The highest BCUT2D eigenvalue weighted by Crippen LogP contribution is 2.44. The number of nitrogens with one attached hydrogen (secondary N) is 7. The third kappa shape index (κ3) is 14.4. The maximum Gasteiger partial charge on any atom is 0.441 e. The quantitative estimate of drug-likeness (QED) is 0.0143. The van der Waals surface area contributed by atoms with Gasteiger partial charge in [-0.15, -0.1) is 11.9 Å². The number of aromatic nitrogens is 4. The van der Waals surface area contributed by atoms with Gasteiger partial charge in [0.05, 0.1) is 43.6 Å². The van der Waals surface area contributed by atoms with Crippen LogP contribution in [0.25, 0.3) is 32.9 Å². The van der Waals surface area contributed by atoms with E-state index in [1.54, 1.807) is 53.6 Å². The number of carbonyl (C=O) groups is 6. The van der Waals surface area contributed by atoms with E-state index in [0.29, 0.717) is 46.2 Å². The van der Waals surface area contributed by atoms with Gasteiger partial charge in [0, 0.05) is 80.0 Å². The molecule has 0 spiro atoms. The number of fused-ring (bicyclic) bond motifs is 2. The number of nitrogens with zero attached hydrogens (tertiary/aromatic N) is 5. The molecule has 430 valence electrons. The van der Waals surface area contributed by atoms with Crippen molar-refractivity contribution in [1.29, 1.82) is 0 Å². The summed E-state index contributed by atoms with van der Waals surface area (Å²) < 4.78 is 19.9. The lowest BCUT2D eigenvalue weighted by atomic mass is 9.87. The van der Waals surface area contributed by atoms with Crippen molar-refractivity contribution in [1.82, 2.24) is 56.5 Å². The number of aromatic amines is 1. The van der Waals surface area contributed by atoms with E-state index >= 15 is 0 Å². The van der Waals surface area contributed by atoms with Crippen molar-refractivity contribution >= 4 is 63.9 Å². The lowest BCUT2D eigenvalue weighted by Crippen LogP contribution is -2.55. The molecule has 2 aliphatic heterocycles. The molecule has 23 heteroatoms. The van der Waals surface area contributed by atoms with Crippen LogP contribution in [0.1, 0.15) is 62.3 Å². The molecule has 2 atom stereocenters. The first-order valence-corrected chi connectivity index (χ1v) is 27.4. The van der Waals surface area contributed by atoms with Gasteiger partial charge in [0.1, 0.15) is 18.3 Å². The molecule has 5 heterocycles. The average molecular weight is 1120 g/mol. The molecule has 3 aromatic carbocycles. The standard InChI is InChI=1S/C59H68N12O11/c1-4-24-64-58(2)22-28-70(29-23-58)42-20-26-71(27-21-42)56-66-47-18-15-40(46-34-69(3)55(77)52-44(46)19-25-60-52)31-45(47)53(67-56)59(82-43-16-17-43,41-13-9-6-10-14-41)36-79-37-63-49(73)32-62-54(76)48(30-39-11-7-5-8-12-39)65-50(74)33-61-51(75)35-80-57(78)68-81-38-72/h1,5-15,18-19,25,31,34,38,42-43,48,60,64H,16-17,20-24,26-30,32-33,35-37H2,2-3H3,(H,61,75)(H,62,76)(H,63,73)(H,65,74)(H,68,78)/t48-,59-/m0/s1. The summed E-state index contributed by atoms with van der Waals surface area (Å²) in [6, 6.07) is 25.8. The van der Waals surface area contributed by atoms with E-state index in [-0.39, 0.29) is 43.4 Å². The van der Waals surface area contributed by atoms with E-state index in [9.17, 15) is 33.6 Å². The van der Waals surface area contributed by atoms with Gasteiger partial charge < -0.3 is 65.0 Å². The van der Waals surface area contributed by atoms with Crippen LogP contribution in [0.4, 0.5) is 10.7 Å². The number of likely N-dealkylation sites (tertiary alicyclic amines) is 1. The van der Waals surface area contributed by atoms with Gasteiger partial charge in [0.2, 0.25) is 23.7 Å². The van der Waals surface area contributed by atoms with Gasteiger partial charge in [-0.05, 0) is 80.3 Å². The minimum absolute atomic E-state index is 0.0188. The van der Waals surface area contributed by atoms with Gasteiger partial charge in [-0.3, -0.25) is 28.8 Å². The maximum absolute atomic E-state index is 13.7. The highest BCUT2D eigenvalue weighted by atomic mass is 16.7. The Morgan fingerprint density at radius 1 is 0.878 bits per heavy atom. The van der Waals surface area contributed by atoms with Crippen molar-refractivity contribution in [2.24, 2.45) is 7.05 Å². The molecule has 1 saturated carbocycles. The number of piperidine rings is 2. The monoisotopic (exact) mass is 1120 g/mol. The Morgan fingerprint density at radius 2 is 1.61 bits per heavy atom. The molecule has 23 nitrogen and oxygen atoms in total. The number of anilines is 1. The summed E-state index contributed by atoms with van der Waals surface area (Å²) in [5, 5.41) is 15.3. The highest BCUT2D eigenvalue weighted by Gasteiger charge is 2.45. The molecule has 2 saturated heterocycles. The summed E-state index contributed by atoms with van der Waals surface area (Å²) in [6.07, 6.45) is 13.4. The molecule has 0 bridgehead atoms. The van der Waals surface area contributed by atoms with Gasteiger partial charge in [-0.25, -0.2) is 14.8 Å². The zero-order chi connectivity index (χ0) is 57.6. The van der Waals surface area contributed by atoms with Crippen molar-refractivity contribution in [3.05, 3.63) is 124 Å². The van der Waals surface area contributed by atoms with Crippen molar-refractivity contribution in [2.45, 2.75) is 81.2 Å². The van der Waals surface area contributed by atoms with Crippen LogP contribution in [-0.2, 0) is 62.1 Å². The Kier molecular flexibility index (Phi) is 18.9. The number of carbonyl (C=O) groups excluding carboxylic acids is 6. The molecule has 3 aromatic heterocycles. The number of aryl methyl sites for hydroxylation is 1. The maximum atomic E-state index is 13.7. The van der Waals surface area contributed by atoms with Crippen LogP contribution >= 0.6 is 0 Å². The summed E-state index contributed by atoms with van der Waals surface area (Å²) in [4.78, 5) is 110. The number of hydroxylamine groups is 1. The van der Waals surface area contributed by atoms with Crippen molar-refractivity contribution in [2.75, 3.05) is 70.7 Å². The Morgan fingerprint density at radius 3 is 2.33 bits per heavy atom. The molecule has 3 aliphatic rings. The molecule has 1 aliphatic carbocycles. The lowest BCUT2D eigenvalue weighted by molar-refractivity contribution is -0.134. The van der Waals surface area contributed by atoms with E-state index in [2.05, 4.69) is 63.8 Å². The molecule has 0 unspecified atom stereocenters. The van der Waals surface area contributed by atoms with E-state index < -0.39 is 61.1 Å². The predicted octanol–water partition coefficient (Wildman–Crippen LogP) is 2.81. The molecule has 82 heavy (non-hydrogen) atoms. The van der Waals surface area contributed by atoms with Crippen molar-refractivity contribution < 1.29 is 47.8 Å². The number of pyridine rings is 1. The summed E-state index contributed by atoms with van der Waals surface area (Å²) in [6.45, 7) is 3.97. The van der Waals surface area contributed by atoms with Crippen LogP contribution in [0, 0.1) is 12.3 Å². The fourth-order valence-electron chi connectivity index (χ4n) is 10.6. The Hall–Kier alpha value is -8.69. The van der Waals surface area contributed by atoms with Gasteiger partial charge >= 0.3 is 12.6 Å². The minimum Gasteiger partial charge on any atom is -0.437 e. The molecule has 6 aromatic rings. The number of hydrogen-bond donors (Lipinski definition) is 7. The number of H-pyrrole nitrogens is 1. The fraction of sp³-hybridized carbons (Fsp3) is 0.407. The normalized spacial score (nSPS) is 16.5. The van der Waals surface area contributed by atoms with Crippen LogP contribution < -0.4 is 42.5 Å². The molecular formula is C59H68N12O11. The van der Waals surface area contributed by atoms with Crippen molar-refractivity contribution in [3.8, 4) is 23.5 Å². The van der Waals surface area contributed by atoms with E-state index in [1.165, 1.54) is 0 Å². The van der Waals surface area contributed by atoms with Crippen LogP contribution in [-0.4, -0.2) is 150 Å². The first kappa shape index (κ1) is 58.0. The smallest absolute Gasteiger partial charge is 0.437 e. The molecule has 9 rings (SSSR count). The fourth-order valence-corrected chi connectivity index (χ4v) is 10.6. The SMILES string of the molecule is C#CCNC1(C)CCN(C2CCN(c3nc([C@@](COCNC(=O)CNC(=O)[C@H](Cc4ccccc4)NC(=O)CNC(=O)COC(=O)NOC=O)(OC4CC4)c4ccccc4)c4cc(-c5cn(C)c(=O)c6[nH]ccc56)ccc4n3)CC2)CC1. The lowest BCUT2D eigenvalue weighted by Gasteiger charge is -2.45. The van der Waals surface area contributed by atoms with Crippen LogP contribution in [0.2, 0.25) is 0 Å². The first-order chi connectivity index (χ1) is 39.7. The highest BCUT2D eigenvalue weighted by molar-refractivity contribution is 5.98. The van der Waals surface area contributed by atoms with Gasteiger partial charge in [0.25, 0.3) is 11.5 Å². The molecule has 5 amide bonds. The molecule has 3 fully saturated rings. The predicted molar refractivity (Wildman–Crippen MR) is 303 cm³/mol. The summed E-state index contributed by atoms with van der Waals surface area (Å²) in [5.41, 5.74) is 5.04. The zero-order valence-electron chi connectivity index (χ0n) is 45.9. The molecule has 0 radical (unpaired) electrons. The third-order valence-corrected chi connectivity index (χ3v) is 15.2. The van der Waals surface area contributed by atoms with E-state index in [4.69, 9.17) is 25.9 Å². The number of ether oxygens (including phenoxy) is 3. The Balaban J connectivity index is 0.938. The van der Waals surface area contributed by atoms with Crippen LogP contribution in [0.5, 0.6) is 0 Å². The number of benzene rings is 3. The molecule has 7 N–H and O–H groups in total.